The second kappa shape index (κ2) is 7.77. The van der Waals surface area contributed by atoms with Gasteiger partial charge < -0.3 is 24.3 Å². The number of H-pyrrole nitrogens is 1. The zero-order chi connectivity index (χ0) is 20.4. The summed E-state index contributed by atoms with van der Waals surface area (Å²) in [5, 5.41) is 0. The molecule has 8 heteroatoms. The number of methoxy groups -OCH3 is 2. The Hall–Kier alpha value is -3.03. The van der Waals surface area contributed by atoms with E-state index in [1.54, 1.807) is 19.1 Å². The van der Waals surface area contributed by atoms with Crippen LogP contribution >= 0.6 is 0 Å². The highest BCUT2D eigenvalue weighted by molar-refractivity contribution is 5.93. The smallest absolute Gasteiger partial charge is 0.271 e. The molecule has 2 amide bonds. The minimum absolute atomic E-state index is 0.0984. The highest BCUT2D eigenvalue weighted by Crippen LogP contribution is 2.41. The Labute approximate surface area is 169 Å². The number of nitrogens with zero attached hydrogens (tertiary/aromatic N) is 3. The maximum atomic E-state index is 13.5. The summed E-state index contributed by atoms with van der Waals surface area (Å²) in [5.74, 6) is 1.33. The summed E-state index contributed by atoms with van der Waals surface area (Å²) in [5.41, 5.74) is 0.879. The van der Waals surface area contributed by atoms with Crippen LogP contribution in [-0.2, 0) is 11.3 Å². The molecular weight excluding hydrogens is 372 g/mol. The molecule has 3 heterocycles. The van der Waals surface area contributed by atoms with Crippen molar-refractivity contribution < 1.29 is 19.1 Å². The Morgan fingerprint density at radius 2 is 2.10 bits per heavy atom. The van der Waals surface area contributed by atoms with E-state index < -0.39 is 5.41 Å². The van der Waals surface area contributed by atoms with Gasteiger partial charge in [-0.3, -0.25) is 9.59 Å². The largest absolute Gasteiger partial charge is 0.493 e. The summed E-state index contributed by atoms with van der Waals surface area (Å²) in [4.78, 5) is 36.6. The molecule has 2 fully saturated rings. The first-order valence-electron chi connectivity index (χ1n) is 9.85. The fourth-order valence-electron chi connectivity index (χ4n) is 4.55. The molecule has 0 saturated carbocycles. The first-order valence-corrected chi connectivity index (χ1v) is 9.85. The van der Waals surface area contributed by atoms with Crippen LogP contribution in [0.15, 0.2) is 30.7 Å². The average molecular weight is 398 g/mol. The molecule has 1 spiro atoms. The van der Waals surface area contributed by atoms with Gasteiger partial charge in [0, 0.05) is 31.7 Å². The van der Waals surface area contributed by atoms with Crippen LogP contribution in [0.3, 0.4) is 0 Å². The van der Waals surface area contributed by atoms with Gasteiger partial charge >= 0.3 is 0 Å². The molecule has 29 heavy (non-hydrogen) atoms. The minimum atomic E-state index is -0.500. The van der Waals surface area contributed by atoms with Gasteiger partial charge in [-0.1, -0.05) is 12.1 Å². The molecule has 2 aliphatic rings. The number of rotatable bonds is 5. The number of nitrogens with one attached hydrogen (secondary N) is 1. The predicted molar refractivity (Wildman–Crippen MR) is 106 cm³/mol. The zero-order valence-corrected chi connectivity index (χ0v) is 16.8. The highest BCUT2D eigenvalue weighted by Gasteiger charge is 2.49. The van der Waals surface area contributed by atoms with Crippen molar-refractivity contribution in [3.63, 3.8) is 0 Å². The lowest BCUT2D eigenvalue weighted by molar-refractivity contribution is -0.146. The third kappa shape index (κ3) is 3.43. The van der Waals surface area contributed by atoms with E-state index in [0.29, 0.717) is 49.8 Å². The average Bonchev–Trinajstić information content (AvgIpc) is 3.42. The summed E-state index contributed by atoms with van der Waals surface area (Å²) < 4.78 is 10.9. The number of imidazole rings is 1. The molecule has 2 aromatic rings. The van der Waals surface area contributed by atoms with Gasteiger partial charge in [0.2, 0.25) is 5.91 Å². The molecule has 154 valence electrons. The van der Waals surface area contributed by atoms with Gasteiger partial charge in [0.05, 0.1) is 32.2 Å². The van der Waals surface area contributed by atoms with E-state index in [9.17, 15) is 9.59 Å². The van der Waals surface area contributed by atoms with Gasteiger partial charge in [0.1, 0.15) is 5.69 Å². The minimum Gasteiger partial charge on any atom is -0.493 e. The van der Waals surface area contributed by atoms with Crippen LogP contribution in [0.5, 0.6) is 11.5 Å². The van der Waals surface area contributed by atoms with E-state index >= 15 is 0 Å². The molecule has 1 aromatic heterocycles. The Bertz CT molecular complexity index is 898. The fourth-order valence-corrected chi connectivity index (χ4v) is 4.55. The van der Waals surface area contributed by atoms with E-state index in [4.69, 9.17) is 9.47 Å². The molecule has 0 radical (unpaired) electrons. The van der Waals surface area contributed by atoms with Gasteiger partial charge in [-0.2, -0.15) is 0 Å². The maximum Gasteiger partial charge on any atom is 0.271 e. The number of benzene rings is 1. The van der Waals surface area contributed by atoms with Crippen LogP contribution in [0.4, 0.5) is 0 Å². The third-order valence-corrected chi connectivity index (χ3v) is 6.04. The van der Waals surface area contributed by atoms with Gasteiger partial charge in [-0.15, -0.1) is 0 Å². The number of likely N-dealkylation sites (tertiary alicyclic amines) is 2. The Balaban J connectivity index is 1.51. The Morgan fingerprint density at radius 1 is 1.24 bits per heavy atom. The number of ether oxygens (including phenoxy) is 2. The number of aromatic nitrogens is 2. The van der Waals surface area contributed by atoms with Gasteiger partial charge in [-0.25, -0.2) is 4.98 Å². The fraction of sp³-hybridized carbons (Fsp3) is 0.476. The number of aromatic amines is 1. The normalized spacial score (nSPS) is 21.7. The van der Waals surface area contributed by atoms with Crippen LogP contribution in [0, 0.1) is 5.41 Å². The lowest BCUT2D eigenvalue weighted by atomic mass is 9.78. The Kier molecular flexibility index (Phi) is 5.17. The van der Waals surface area contributed by atoms with Crippen molar-refractivity contribution in [1.29, 1.82) is 0 Å². The number of hydrogen-bond donors (Lipinski definition) is 1. The molecule has 0 unspecified atom stereocenters. The van der Waals surface area contributed by atoms with Gasteiger partial charge in [-0.05, 0) is 25.3 Å². The summed E-state index contributed by atoms with van der Waals surface area (Å²) in [6.45, 7) is 2.21. The standard InChI is InChI=1S/C21H26N4O4/c1-28-17-6-3-5-15(18(17)29-2)12-24-9-4-7-21(20(24)27)8-10-25(13-21)19(26)16-11-22-14-23-16/h3,5-6,11,14H,4,7-10,12-13H2,1-2H3,(H,22,23)/t21-/m1/s1. The Morgan fingerprint density at radius 3 is 2.83 bits per heavy atom. The lowest BCUT2D eigenvalue weighted by Crippen LogP contribution is -2.50. The summed E-state index contributed by atoms with van der Waals surface area (Å²) >= 11 is 0. The second-order valence-electron chi connectivity index (χ2n) is 7.71. The number of carbonyl (C=O) groups is 2. The van der Waals surface area contributed by atoms with Crippen molar-refractivity contribution >= 4 is 11.8 Å². The quantitative estimate of drug-likeness (QED) is 0.833. The molecule has 1 aromatic carbocycles. The van der Waals surface area contributed by atoms with Crippen LogP contribution < -0.4 is 9.47 Å². The van der Waals surface area contributed by atoms with E-state index in [-0.39, 0.29) is 11.8 Å². The van der Waals surface area contributed by atoms with Crippen molar-refractivity contribution in [1.82, 2.24) is 19.8 Å². The van der Waals surface area contributed by atoms with Crippen LogP contribution in [0.2, 0.25) is 0 Å². The molecule has 4 rings (SSSR count). The first-order chi connectivity index (χ1) is 14.1. The van der Waals surface area contributed by atoms with Gasteiger partial charge in [0.25, 0.3) is 5.91 Å². The summed E-state index contributed by atoms with van der Waals surface area (Å²) in [7, 11) is 3.21. The number of para-hydroxylation sites is 1. The van der Waals surface area contributed by atoms with Crippen LogP contribution in [0.25, 0.3) is 0 Å². The van der Waals surface area contributed by atoms with E-state index in [1.165, 1.54) is 12.5 Å². The van der Waals surface area contributed by atoms with E-state index in [1.807, 2.05) is 23.1 Å². The van der Waals surface area contributed by atoms with Crippen molar-refractivity contribution in [3.8, 4) is 11.5 Å². The van der Waals surface area contributed by atoms with Crippen LogP contribution in [0.1, 0.15) is 35.3 Å². The van der Waals surface area contributed by atoms with E-state index in [0.717, 1.165) is 18.4 Å². The second-order valence-corrected chi connectivity index (χ2v) is 7.71. The molecule has 2 saturated heterocycles. The van der Waals surface area contributed by atoms with Gasteiger partial charge in [0.15, 0.2) is 11.5 Å². The first kappa shape index (κ1) is 19.3. The molecule has 1 atom stereocenters. The number of hydrogen-bond acceptors (Lipinski definition) is 5. The molecule has 0 bridgehead atoms. The summed E-state index contributed by atoms with van der Waals surface area (Å²) in [6.07, 6.45) is 5.44. The zero-order valence-electron chi connectivity index (χ0n) is 16.8. The van der Waals surface area contributed by atoms with Crippen molar-refractivity contribution in [2.75, 3.05) is 33.9 Å². The van der Waals surface area contributed by atoms with Crippen LogP contribution in [-0.4, -0.2) is 65.4 Å². The molecule has 8 nitrogen and oxygen atoms in total. The number of carbonyl (C=O) groups excluding carboxylic acids is 2. The van der Waals surface area contributed by atoms with Crippen molar-refractivity contribution in [2.24, 2.45) is 5.41 Å². The van der Waals surface area contributed by atoms with Crippen molar-refractivity contribution in [2.45, 2.75) is 25.8 Å². The molecule has 2 aliphatic heterocycles. The topological polar surface area (TPSA) is 87.8 Å². The maximum absolute atomic E-state index is 13.5. The molecule has 0 aliphatic carbocycles. The molecule has 1 N–H and O–H groups in total. The van der Waals surface area contributed by atoms with Crippen molar-refractivity contribution in [3.05, 3.63) is 42.0 Å². The highest BCUT2D eigenvalue weighted by atomic mass is 16.5. The predicted octanol–water partition coefficient (Wildman–Crippen LogP) is 2.08. The lowest BCUT2D eigenvalue weighted by Gasteiger charge is -2.39. The third-order valence-electron chi connectivity index (χ3n) is 6.04. The monoisotopic (exact) mass is 398 g/mol. The van der Waals surface area contributed by atoms with E-state index in [2.05, 4.69) is 9.97 Å². The number of piperidine rings is 1. The molecular formula is C21H26N4O4. The summed E-state index contributed by atoms with van der Waals surface area (Å²) in [6, 6.07) is 5.71. The SMILES string of the molecule is COc1cccc(CN2CCC[C@]3(CCN(C(=O)c4cnc[nH]4)C3)C2=O)c1OC. The number of amides is 2.